The van der Waals surface area contributed by atoms with Crippen LogP contribution in [0.4, 0.5) is 5.82 Å². The maximum absolute atomic E-state index is 12.3. The number of aromatic nitrogens is 3. The number of thiazole rings is 1. The van der Waals surface area contributed by atoms with Crippen LogP contribution in [0.3, 0.4) is 0 Å². The summed E-state index contributed by atoms with van der Waals surface area (Å²) in [7, 11) is 1.67. The Bertz CT molecular complexity index is 1390. The number of nitrogens with zero attached hydrogens (tertiary/aromatic N) is 4. The van der Waals surface area contributed by atoms with E-state index >= 15 is 0 Å². The van der Waals surface area contributed by atoms with Crippen molar-refractivity contribution in [3.63, 3.8) is 0 Å². The van der Waals surface area contributed by atoms with E-state index in [0.717, 1.165) is 42.7 Å². The second-order valence-corrected chi connectivity index (χ2v) is 10.0. The molecule has 1 unspecified atom stereocenters. The van der Waals surface area contributed by atoms with Crippen LogP contribution in [0, 0.1) is 0 Å². The molecule has 1 saturated heterocycles. The molecule has 0 aliphatic carbocycles. The molecule has 4 aromatic rings. The number of anilines is 1. The third kappa shape index (κ3) is 6.63. The summed E-state index contributed by atoms with van der Waals surface area (Å²) in [6.07, 6.45) is 3.98. The highest BCUT2D eigenvalue weighted by molar-refractivity contribution is 9.10. The summed E-state index contributed by atoms with van der Waals surface area (Å²) in [6.45, 7) is 3.88. The van der Waals surface area contributed by atoms with Crippen molar-refractivity contribution in [3.8, 4) is 17.2 Å². The minimum atomic E-state index is -0.327. The van der Waals surface area contributed by atoms with Crippen molar-refractivity contribution in [1.29, 1.82) is 0 Å². The first-order valence-corrected chi connectivity index (χ1v) is 13.7. The summed E-state index contributed by atoms with van der Waals surface area (Å²) in [5.41, 5.74) is 2.70. The zero-order valence-electron chi connectivity index (χ0n) is 20.6. The van der Waals surface area contributed by atoms with Crippen molar-refractivity contribution in [3.05, 3.63) is 63.8 Å². The number of amides is 1. The third-order valence-electron chi connectivity index (χ3n) is 5.88. The molecule has 1 aliphatic rings. The van der Waals surface area contributed by atoms with E-state index in [1.165, 1.54) is 11.3 Å². The van der Waals surface area contributed by atoms with Crippen LogP contribution in [-0.2, 0) is 9.47 Å². The largest absolute Gasteiger partial charge is 0.493 e. The molecule has 1 atom stereocenters. The lowest BCUT2D eigenvalue weighted by Gasteiger charge is -2.31. The standard InChI is InChI=1S/C26H26BrN5O5S/c1-34-24-14-32(8-10-36-24)7-2-9-35-17-3-4-19-21(12-17)28-6-5-23(19)37-18-11-20(27)25(29-13-18)31-26(33)22-15-38-16-30-22/h3-6,11-13,15-16,24H,2,7-10,14H2,1H3,(H,29,31,33). The Morgan fingerprint density at radius 1 is 1.24 bits per heavy atom. The number of carbonyl (C=O) groups excluding carboxylic acids is 1. The Balaban J connectivity index is 1.18. The smallest absolute Gasteiger partial charge is 0.276 e. The maximum atomic E-state index is 12.3. The fraction of sp³-hybridized carbons (Fsp3) is 0.308. The van der Waals surface area contributed by atoms with Gasteiger partial charge < -0.3 is 24.3 Å². The number of carbonyl (C=O) groups is 1. The number of methoxy groups -OCH3 is 1. The van der Waals surface area contributed by atoms with Crippen LogP contribution in [-0.4, -0.2) is 72.0 Å². The van der Waals surface area contributed by atoms with Gasteiger partial charge in [0, 0.05) is 55.8 Å². The van der Waals surface area contributed by atoms with Gasteiger partial charge in [-0.2, -0.15) is 0 Å². The fourth-order valence-electron chi connectivity index (χ4n) is 3.96. The van der Waals surface area contributed by atoms with Gasteiger partial charge in [0.15, 0.2) is 6.29 Å². The molecular formula is C26H26BrN5O5S. The van der Waals surface area contributed by atoms with E-state index in [1.54, 1.807) is 42.5 Å². The number of hydrogen-bond acceptors (Lipinski definition) is 10. The van der Waals surface area contributed by atoms with Crippen LogP contribution in [0.25, 0.3) is 10.9 Å². The van der Waals surface area contributed by atoms with Crippen molar-refractivity contribution >= 4 is 49.9 Å². The van der Waals surface area contributed by atoms with Crippen molar-refractivity contribution in [1.82, 2.24) is 19.9 Å². The fourth-order valence-corrected chi connectivity index (χ4v) is 4.92. The van der Waals surface area contributed by atoms with Gasteiger partial charge in [-0.05, 0) is 40.5 Å². The molecule has 0 saturated carbocycles. The first kappa shape index (κ1) is 26.4. The minimum Gasteiger partial charge on any atom is -0.493 e. The van der Waals surface area contributed by atoms with Gasteiger partial charge in [-0.1, -0.05) is 0 Å². The molecule has 4 heterocycles. The van der Waals surface area contributed by atoms with Crippen LogP contribution in [0.5, 0.6) is 17.2 Å². The van der Waals surface area contributed by atoms with Gasteiger partial charge in [-0.25, -0.2) is 9.97 Å². The molecule has 1 aromatic carbocycles. The van der Waals surface area contributed by atoms with E-state index in [0.29, 0.717) is 40.7 Å². The number of nitrogens with one attached hydrogen (secondary N) is 1. The van der Waals surface area contributed by atoms with Crippen molar-refractivity contribution < 1.29 is 23.7 Å². The molecule has 1 amide bonds. The summed E-state index contributed by atoms with van der Waals surface area (Å²) in [5, 5.41) is 5.26. The molecule has 0 radical (unpaired) electrons. The van der Waals surface area contributed by atoms with E-state index in [2.05, 4.69) is 41.1 Å². The number of morpholine rings is 1. The van der Waals surface area contributed by atoms with E-state index in [9.17, 15) is 4.79 Å². The average Bonchev–Trinajstić information content (AvgIpc) is 3.48. The molecule has 0 spiro atoms. The molecule has 1 fully saturated rings. The Hall–Kier alpha value is -3.16. The Morgan fingerprint density at radius 2 is 2.16 bits per heavy atom. The molecule has 12 heteroatoms. The lowest BCUT2D eigenvalue weighted by molar-refractivity contribution is -0.164. The van der Waals surface area contributed by atoms with Crippen LogP contribution >= 0.6 is 27.3 Å². The molecular weight excluding hydrogens is 574 g/mol. The number of benzene rings is 1. The summed E-state index contributed by atoms with van der Waals surface area (Å²) in [4.78, 5) is 27.4. The molecule has 3 aromatic heterocycles. The Kier molecular flexibility index (Phi) is 8.76. The Labute approximate surface area is 232 Å². The van der Waals surface area contributed by atoms with Crippen molar-refractivity contribution in [2.45, 2.75) is 12.7 Å². The molecule has 1 aliphatic heterocycles. The van der Waals surface area contributed by atoms with Crippen LogP contribution in [0.1, 0.15) is 16.9 Å². The maximum Gasteiger partial charge on any atom is 0.276 e. The average molecular weight is 600 g/mol. The van der Waals surface area contributed by atoms with Gasteiger partial charge in [-0.15, -0.1) is 11.3 Å². The van der Waals surface area contributed by atoms with Crippen molar-refractivity contribution in [2.75, 3.05) is 45.3 Å². The Morgan fingerprint density at radius 3 is 2.97 bits per heavy atom. The molecule has 198 valence electrons. The number of pyridine rings is 2. The van der Waals surface area contributed by atoms with E-state index in [-0.39, 0.29) is 12.2 Å². The highest BCUT2D eigenvalue weighted by Crippen LogP contribution is 2.33. The predicted molar refractivity (Wildman–Crippen MR) is 147 cm³/mol. The normalized spacial score (nSPS) is 15.9. The van der Waals surface area contributed by atoms with Gasteiger partial charge in [0.2, 0.25) is 0 Å². The predicted octanol–water partition coefficient (Wildman–Crippen LogP) is 4.97. The number of ether oxygens (including phenoxy) is 4. The highest BCUT2D eigenvalue weighted by atomic mass is 79.9. The van der Waals surface area contributed by atoms with Crippen LogP contribution in [0.15, 0.2) is 58.1 Å². The lowest BCUT2D eigenvalue weighted by Crippen LogP contribution is -2.43. The molecule has 0 bridgehead atoms. The minimum absolute atomic E-state index is 0.155. The highest BCUT2D eigenvalue weighted by Gasteiger charge is 2.19. The number of halogens is 1. The summed E-state index contributed by atoms with van der Waals surface area (Å²) in [6, 6.07) is 9.30. The first-order chi connectivity index (χ1) is 18.6. The monoisotopic (exact) mass is 599 g/mol. The van der Waals surface area contributed by atoms with Gasteiger partial charge in [-0.3, -0.25) is 14.7 Å². The topological polar surface area (TPSA) is 108 Å². The van der Waals surface area contributed by atoms with Crippen LogP contribution in [0.2, 0.25) is 0 Å². The summed E-state index contributed by atoms with van der Waals surface area (Å²) in [5.74, 6) is 1.95. The summed E-state index contributed by atoms with van der Waals surface area (Å²) >= 11 is 4.81. The number of hydrogen-bond donors (Lipinski definition) is 1. The second-order valence-electron chi connectivity index (χ2n) is 8.46. The van der Waals surface area contributed by atoms with Crippen LogP contribution < -0.4 is 14.8 Å². The van der Waals surface area contributed by atoms with Crippen molar-refractivity contribution in [2.24, 2.45) is 0 Å². The molecule has 38 heavy (non-hydrogen) atoms. The SMILES string of the molecule is COC1CN(CCCOc2ccc3c(Oc4cnc(NC(=O)c5cscn5)c(Br)c4)ccnc3c2)CCO1. The number of rotatable bonds is 10. The van der Waals surface area contributed by atoms with E-state index in [1.807, 2.05) is 18.2 Å². The van der Waals surface area contributed by atoms with Gasteiger partial charge in [0.1, 0.15) is 28.8 Å². The molecule has 1 N–H and O–H groups in total. The lowest BCUT2D eigenvalue weighted by atomic mass is 10.2. The van der Waals surface area contributed by atoms with E-state index < -0.39 is 0 Å². The molecule has 5 rings (SSSR count). The second kappa shape index (κ2) is 12.6. The van der Waals surface area contributed by atoms with Gasteiger partial charge in [0.05, 0.1) is 34.9 Å². The number of fused-ring (bicyclic) bond motifs is 1. The third-order valence-corrected chi connectivity index (χ3v) is 7.07. The zero-order valence-corrected chi connectivity index (χ0v) is 23.0. The zero-order chi connectivity index (χ0) is 26.3. The summed E-state index contributed by atoms with van der Waals surface area (Å²) < 4.78 is 23.5. The first-order valence-electron chi connectivity index (χ1n) is 12.0. The van der Waals surface area contributed by atoms with E-state index in [4.69, 9.17) is 18.9 Å². The quantitative estimate of drug-likeness (QED) is 0.253. The van der Waals surface area contributed by atoms with Gasteiger partial charge in [0.25, 0.3) is 5.91 Å². The molecule has 10 nitrogen and oxygen atoms in total. The van der Waals surface area contributed by atoms with Gasteiger partial charge >= 0.3 is 0 Å².